The monoisotopic (exact) mass is 264 g/mol. The molecule has 3 rings (SSSR count). The molecular formula is C12H16N4OS. The average molecular weight is 264 g/mol. The standard InChI is InChI=1S/C12H16N4OS/c1-12(5-2-6-18-12)7-14-9-4-3-8(13)10-11(9)16-17-15-10/h3-4,14H,2,5-7,13H2,1H3. The topological polar surface area (TPSA) is 77.0 Å². The third-order valence-corrected chi connectivity index (χ3v) is 4.94. The SMILES string of the molecule is CC1(CNc2ccc(N)c3nonc23)CCCS1. The molecule has 2 aromatic rings. The van der Waals surface area contributed by atoms with Crippen molar-refractivity contribution in [2.75, 3.05) is 23.3 Å². The van der Waals surface area contributed by atoms with Gasteiger partial charge in [-0.1, -0.05) is 0 Å². The van der Waals surface area contributed by atoms with Gasteiger partial charge in [0, 0.05) is 11.3 Å². The summed E-state index contributed by atoms with van der Waals surface area (Å²) in [5, 5.41) is 11.2. The first kappa shape index (κ1) is 11.6. The molecule has 1 aromatic carbocycles. The van der Waals surface area contributed by atoms with Crippen LogP contribution >= 0.6 is 11.8 Å². The molecule has 1 atom stereocenters. The van der Waals surface area contributed by atoms with E-state index in [1.165, 1.54) is 18.6 Å². The molecule has 1 aliphatic heterocycles. The molecule has 1 fully saturated rings. The summed E-state index contributed by atoms with van der Waals surface area (Å²) in [6.07, 6.45) is 2.55. The second-order valence-electron chi connectivity index (χ2n) is 4.92. The molecule has 2 heterocycles. The van der Waals surface area contributed by atoms with Crippen LogP contribution in [0.1, 0.15) is 19.8 Å². The summed E-state index contributed by atoms with van der Waals surface area (Å²) in [4.78, 5) is 0. The van der Waals surface area contributed by atoms with Crippen molar-refractivity contribution < 1.29 is 4.63 Å². The molecule has 96 valence electrons. The lowest BCUT2D eigenvalue weighted by Gasteiger charge is -2.23. The van der Waals surface area contributed by atoms with E-state index in [1.54, 1.807) is 0 Å². The quantitative estimate of drug-likeness (QED) is 0.829. The van der Waals surface area contributed by atoms with Crippen LogP contribution in [0.5, 0.6) is 0 Å². The van der Waals surface area contributed by atoms with Crippen molar-refractivity contribution in [1.82, 2.24) is 10.3 Å². The molecule has 0 saturated carbocycles. The van der Waals surface area contributed by atoms with Crippen LogP contribution in [0.3, 0.4) is 0 Å². The lowest BCUT2D eigenvalue weighted by Crippen LogP contribution is -2.27. The molecule has 0 aliphatic carbocycles. The molecule has 1 saturated heterocycles. The Morgan fingerprint density at radius 2 is 2.28 bits per heavy atom. The zero-order valence-corrected chi connectivity index (χ0v) is 11.1. The normalized spacial score (nSPS) is 23.6. The number of thioether (sulfide) groups is 1. The number of benzene rings is 1. The minimum atomic E-state index is 0.310. The number of anilines is 2. The van der Waals surface area contributed by atoms with Gasteiger partial charge in [0.05, 0.1) is 11.4 Å². The maximum absolute atomic E-state index is 5.82. The lowest BCUT2D eigenvalue weighted by molar-refractivity contribution is 0.315. The van der Waals surface area contributed by atoms with Gasteiger partial charge in [-0.05, 0) is 48.0 Å². The number of nitrogens with zero attached hydrogens (tertiary/aromatic N) is 2. The van der Waals surface area contributed by atoms with Gasteiger partial charge in [-0.3, -0.25) is 0 Å². The third kappa shape index (κ3) is 2.01. The van der Waals surface area contributed by atoms with Crippen molar-refractivity contribution in [2.24, 2.45) is 0 Å². The second kappa shape index (κ2) is 4.35. The van der Waals surface area contributed by atoms with Crippen LogP contribution in [0.25, 0.3) is 11.0 Å². The molecule has 3 N–H and O–H groups in total. The molecule has 6 heteroatoms. The molecule has 0 bridgehead atoms. The van der Waals surface area contributed by atoms with Gasteiger partial charge in [-0.15, -0.1) is 0 Å². The molecule has 0 spiro atoms. The van der Waals surface area contributed by atoms with Crippen molar-refractivity contribution in [1.29, 1.82) is 0 Å². The molecule has 1 unspecified atom stereocenters. The largest absolute Gasteiger partial charge is 0.397 e. The van der Waals surface area contributed by atoms with E-state index in [-0.39, 0.29) is 0 Å². The van der Waals surface area contributed by atoms with Gasteiger partial charge in [0.15, 0.2) is 11.0 Å². The van der Waals surface area contributed by atoms with Crippen LogP contribution in [-0.2, 0) is 0 Å². The number of hydrogen-bond donors (Lipinski definition) is 2. The Hall–Kier alpha value is -1.43. The van der Waals surface area contributed by atoms with Crippen LogP contribution < -0.4 is 11.1 Å². The number of hydrogen-bond acceptors (Lipinski definition) is 6. The number of nitrogens with one attached hydrogen (secondary N) is 1. The summed E-state index contributed by atoms with van der Waals surface area (Å²) in [6.45, 7) is 3.22. The van der Waals surface area contributed by atoms with Crippen molar-refractivity contribution in [3.8, 4) is 0 Å². The molecule has 5 nitrogen and oxygen atoms in total. The predicted octanol–water partition coefficient (Wildman–Crippen LogP) is 2.50. The smallest absolute Gasteiger partial charge is 0.160 e. The molecule has 1 aromatic heterocycles. The van der Waals surface area contributed by atoms with E-state index in [2.05, 4.69) is 22.6 Å². The Bertz CT molecular complexity index is 562. The summed E-state index contributed by atoms with van der Waals surface area (Å²) in [5.41, 5.74) is 8.69. The number of nitrogen functional groups attached to an aromatic ring is 1. The number of aromatic nitrogens is 2. The summed E-state index contributed by atoms with van der Waals surface area (Å²) < 4.78 is 5.07. The zero-order chi connectivity index (χ0) is 12.6. The Morgan fingerprint density at radius 1 is 1.44 bits per heavy atom. The van der Waals surface area contributed by atoms with Gasteiger partial charge in [0.2, 0.25) is 0 Å². The van der Waals surface area contributed by atoms with Crippen LogP contribution in [0.2, 0.25) is 0 Å². The summed E-state index contributed by atoms with van der Waals surface area (Å²) >= 11 is 2.03. The lowest BCUT2D eigenvalue weighted by atomic mass is 10.1. The van der Waals surface area contributed by atoms with Crippen molar-refractivity contribution >= 4 is 34.2 Å². The van der Waals surface area contributed by atoms with Gasteiger partial charge in [0.1, 0.15) is 0 Å². The average Bonchev–Trinajstić information content (AvgIpc) is 2.98. The van der Waals surface area contributed by atoms with E-state index in [1.807, 2.05) is 23.9 Å². The molecule has 0 radical (unpaired) electrons. The van der Waals surface area contributed by atoms with E-state index in [0.717, 1.165) is 12.2 Å². The van der Waals surface area contributed by atoms with Crippen LogP contribution in [0.15, 0.2) is 16.8 Å². The van der Waals surface area contributed by atoms with E-state index >= 15 is 0 Å². The van der Waals surface area contributed by atoms with Crippen molar-refractivity contribution in [2.45, 2.75) is 24.5 Å². The highest BCUT2D eigenvalue weighted by atomic mass is 32.2. The first-order valence-electron chi connectivity index (χ1n) is 6.07. The third-order valence-electron chi connectivity index (χ3n) is 3.40. The van der Waals surface area contributed by atoms with E-state index < -0.39 is 0 Å². The highest BCUT2D eigenvalue weighted by Gasteiger charge is 2.29. The Balaban J connectivity index is 1.82. The highest BCUT2D eigenvalue weighted by molar-refractivity contribution is 8.00. The maximum atomic E-state index is 5.82. The minimum absolute atomic E-state index is 0.310. The first-order chi connectivity index (χ1) is 8.68. The Labute approximate surface area is 109 Å². The molecule has 0 amide bonds. The molecule has 1 aliphatic rings. The highest BCUT2D eigenvalue weighted by Crippen LogP contribution is 2.38. The number of nitrogens with two attached hydrogens (primary N) is 1. The summed E-state index contributed by atoms with van der Waals surface area (Å²) in [5.74, 6) is 1.25. The second-order valence-corrected chi connectivity index (χ2v) is 6.60. The molecular weight excluding hydrogens is 248 g/mol. The van der Waals surface area contributed by atoms with Gasteiger partial charge < -0.3 is 11.1 Å². The van der Waals surface area contributed by atoms with Crippen molar-refractivity contribution in [3.63, 3.8) is 0 Å². The first-order valence-corrected chi connectivity index (χ1v) is 7.05. The van der Waals surface area contributed by atoms with Gasteiger partial charge in [-0.2, -0.15) is 11.8 Å². The fourth-order valence-electron chi connectivity index (χ4n) is 2.29. The molecule has 18 heavy (non-hydrogen) atoms. The van der Waals surface area contributed by atoms with Crippen molar-refractivity contribution in [3.05, 3.63) is 12.1 Å². The minimum Gasteiger partial charge on any atom is -0.397 e. The van der Waals surface area contributed by atoms with Crippen LogP contribution in [0, 0.1) is 0 Å². The summed E-state index contributed by atoms with van der Waals surface area (Å²) in [6, 6.07) is 3.77. The van der Waals surface area contributed by atoms with Gasteiger partial charge >= 0.3 is 0 Å². The Morgan fingerprint density at radius 3 is 3.06 bits per heavy atom. The summed E-state index contributed by atoms with van der Waals surface area (Å²) in [7, 11) is 0. The Kier molecular flexibility index (Phi) is 2.81. The van der Waals surface area contributed by atoms with Gasteiger partial charge in [0.25, 0.3) is 0 Å². The van der Waals surface area contributed by atoms with Crippen LogP contribution in [0.4, 0.5) is 11.4 Å². The fourth-order valence-corrected chi connectivity index (χ4v) is 3.53. The fraction of sp³-hybridized carbons (Fsp3) is 0.500. The number of rotatable bonds is 3. The number of fused-ring (bicyclic) bond motifs is 1. The van der Waals surface area contributed by atoms with E-state index in [0.29, 0.717) is 21.5 Å². The van der Waals surface area contributed by atoms with E-state index in [4.69, 9.17) is 10.4 Å². The predicted molar refractivity (Wildman–Crippen MR) is 74.8 cm³/mol. The van der Waals surface area contributed by atoms with E-state index in [9.17, 15) is 0 Å². The zero-order valence-electron chi connectivity index (χ0n) is 10.3. The van der Waals surface area contributed by atoms with Gasteiger partial charge in [-0.25, -0.2) is 4.63 Å². The maximum Gasteiger partial charge on any atom is 0.160 e. The van der Waals surface area contributed by atoms with Crippen LogP contribution in [-0.4, -0.2) is 27.4 Å².